The third kappa shape index (κ3) is 8.00. The molecule has 288 valence electrons. The summed E-state index contributed by atoms with van der Waals surface area (Å²) in [5.74, 6) is -1.54. The zero-order valence-corrected chi connectivity index (χ0v) is 31.9. The van der Waals surface area contributed by atoms with Crippen molar-refractivity contribution in [1.29, 1.82) is 0 Å². The molecule has 4 amide bonds. The van der Waals surface area contributed by atoms with Crippen molar-refractivity contribution < 1.29 is 41.8 Å². The number of hydrogen-bond acceptors (Lipinski definition) is 10. The number of likely N-dealkylation sites (tertiary alicyclic amines) is 1. The van der Waals surface area contributed by atoms with Crippen molar-refractivity contribution >= 4 is 44.7 Å². The number of pyridine rings is 1. The summed E-state index contributed by atoms with van der Waals surface area (Å²) in [6.45, 7) is 10.8. The highest BCUT2D eigenvalue weighted by Gasteiger charge is 2.62. The van der Waals surface area contributed by atoms with Crippen LogP contribution in [-0.2, 0) is 29.1 Å². The molecule has 1 saturated heterocycles. The SMILES string of the molecule is C=C[C@@H]1C[C@]1(NC(=O)C1CC(Oc2cc(-c3ccccc3)nc3cc(OC)ccc23)CN1C(=O)[C@@H](NC(=O)OCC)C(C)(C)C)C(=O)NS(=O)(=O)C1CC1. The Bertz CT molecular complexity index is 2070. The van der Waals surface area contributed by atoms with E-state index in [1.807, 2.05) is 42.5 Å². The zero-order valence-electron chi connectivity index (χ0n) is 31.1. The van der Waals surface area contributed by atoms with Gasteiger partial charge in [-0.2, -0.15) is 0 Å². The van der Waals surface area contributed by atoms with E-state index in [0.29, 0.717) is 40.9 Å². The van der Waals surface area contributed by atoms with Gasteiger partial charge in [0.05, 0.1) is 36.7 Å². The molecule has 0 spiro atoms. The maximum absolute atomic E-state index is 14.5. The Morgan fingerprint density at radius 3 is 2.43 bits per heavy atom. The highest BCUT2D eigenvalue weighted by molar-refractivity contribution is 7.91. The number of rotatable bonds is 13. The minimum absolute atomic E-state index is 0.0192. The maximum Gasteiger partial charge on any atom is 0.407 e. The molecule has 3 N–H and O–H groups in total. The van der Waals surface area contributed by atoms with Crippen LogP contribution in [0.2, 0.25) is 0 Å². The predicted octanol–water partition coefficient (Wildman–Crippen LogP) is 4.09. The molecule has 6 rings (SSSR count). The fourth-order valence-corrected chi connectivity index (χ4v) is 8.20. The first kappa shape index (κ1) is 38.5. The summed E-state index contributed by atoms with van der Waals surface area (Å²) in [5.41, 5.74) is -0.283. The number of alkyl carbamates (subject to hydrolysis) is 1. The number of fused-ring (bicyclic) bond motifs is 1. The lowest BCUT2D eigenvalue weighted by Gasteiger charge is -2.35. The van der Waals surface area contributed by atoms with Crippen LogP contribution in [0, 0.1) is 11.3 Å². The van der Waals surface area contributed by atoms with Crippen LogP contribution < -0.4 is 24.8 Å². The van der Waals surface area contributed by atoms with Gasteiger partial charge in [-0.15, -0.1) is 6.58 Å². The van der Waals surface area contributed by atoms with E-state index in [9.17, 15) is 27.6 Å². The van der Waals surface area contributed by atoms with E-state index in [0.717, 1.165) is 5.56 Å². The van der Waals surface area contributed by atoms with E-state index < -0.39 is 74.1 Å². The minimum atomic E-state index is -3.91. The van der Waals surface area contributed by atoms with Gasteiger partial charge in [-0.05, 0) is 43.7 Å². The molecule has 1 aromatic heterocycles. The van der Waals surface area contributed by atoms with Crippen molar-refractivity contribution in [3.8, 4) is 22.8 Å². The predicted molar refractivity (Wildman–Crippen MR) is 201 cm³/mol. The van der Waals surface area contributed by atoms with Gasteiger partial charge in [-0.1, -0.05) is 57.2 Å². The van der Waals surface area contributed by atoms with Gasteiger partial charge in [-0.25, -0.2) is 18.2 Å². The minimum Gasteiger partial charge on any atom is -0.497 e. The Kier molecular flexibility index (Phi) is 10.6. The van der Waals surface area contributed by atoms with E-state index in [-0.39, 0.29) is 26.0 Å². The molecule has 1 aliphatic heterocycles. The summed E-state index contributed by atoms with van der Waals surface area (Å²) in [6, 6.07) is 14.5. The van der Waals surface area contributed by atoms with E-state index in [1.165, 1.54) is 11.0 Å². The maximum atomic E-state index is 14.5. The lowest BCUT2D eigenvalue weighted by atomic mass is 9.85. The number of aromatic nitrogens is 1. The topological polar surface area (TPSA) is 182 Å². The van der Waals surface area contributed by atoms with Crippen LogP contribution in [-0.4, -0.2) is 91.4 Å². The van der Waals surface area contributed by atoms with Crippen molar-refractivity contribution in [3.05, 3.63) is 67.3 Å². The molecular formula is C39H47N5O9S. The molecule has 0 bridgehead atoms. The molecule has 14 nitrogen and oxygen atoms in total. The summed E-state index contributed by atoms with van der Waals surface area (Å²) in [7, 11) is -2.34. The number of ether oxygens (including phenoxy) is 3. The van der Waals surface area contributed by atoms with Crippen LogP contribution in [0.5, 0.6) is 11.5 Å². The van der Waals surface area contributed by atoms with Crippen molar-refractivity contribution in [1.82, 2.24) is 25.2 Å². The highest BCUT2D eigenvalue weighted by atomic mass is 32.2. The molecule has 0 radical (unpaired) electrons. The number of carbonyl (C=O) groups excluding carboxylic acids is 4. The van der Waals surface area contributed by atoms with Crippen LogP contribution in [0.25, 0.3) is 22.2 Å². The lowest BCUT2D eigenvalue weighted by molar-refractivity contribution is -0.142. The molecule has 2 unspecified atom stereocenters. The van der Waals surface area contributed by atoms with Crippen LogP contribution in [0.15, 0.2) is 67.3 Å². The van der Waals surface area contributed by atoms with E-state index >= 15 is 0 Å². The van der Waals surface area contributed by atoms with Gasteiger partial charge < -0.3 is 29.7 Å². The Hall–Kier alpha value is -5.18. The van der Waals surface area contributed by atoms with Crippen LogP contribution >= 0.6 is 0 Å². The molecule has 2 saturated carbocycles. The fourth-order valence-electron chi connectivity index (χ4n) is 6.84. The Balaban J connectivity index is 1.34. The van der Waals surface area contributed by atoms with Gasteiger partial charge in [0.2, 0.25) is 21.8 Å². The van der Waals surface area contributed by atoms with Crippen LogP contribution in [0.3, 0.4) is 0 Å². The largest absolute Gasteiger partial charge is 0.497 e. The molecule has 3 aliphatic rings. The second kappa shape index (κ2) is 14.9. The third-order valence-electron chi connectivity index (χ3n) is 10.1. The summed E-state index contributed by atoms with van der Waals surface area (Å²) >= 11 is 0. The first-order valence-corrected chi connectivity index (χ1v) is 19.6. The number of carbonyl (C=O) groups is 4. The number of nitrogens with one attached hydrogen (secondary N) is 3. The quantitative estimate of drug-likeness (QED) is 0.215. The number of hydrogen-bond donors (Lipinski definition) is 3. The average Bonchev–Trinajstić information content (AvgIpc) is 4.06. The van der Waals surface area contributed by atoms with Crippen molar-refractivity contribution in [3.63, 3.8) is 0 Å². The normalized spacial score (nSPS) is 22.8. The van der Waals surface area contributed by atoms with Crippen molar-refractivity contribution in [2.45, 2.75) is 82.4 Å². The summed E-state index contributed by atoms with van der Waals surface area (Å²) in [6.07, 6.45) is 1.05. The zero-order chi connectivity index (χ0) is 39.0. The Morgan fingerprint density at radius 2 is 1.81 bits per heavy atom. The molecule has 3 fully saturated rings. The third-order valence-corrected chi connectivity index (χ3v) is 11.9. The Labute approximate surface area is 315 Å². The van der Waals surface area contributed by atoms with Crippen LogP contribution in [0.1, 0.15) is 53.4 Å². The second-order valence-corrected chi connectivity index (χ2v) is 17.0. The molecule has 3 aromatic rings. The van der Waals surface area contributed by atoms with Gasteiger partial charge in [0.15, 0.2) is 0 Å². The van der Waals surface area contributed by atoms with Gasteiger partial charge in [0.1, 0.15) is 35.2 Å². The molecule has 2 aromatic carbocycles. The van der Waals surface area contributed by atoms with Crippen molar-refractivity contribution in [2.75, 3.05) is 20.3 Å². The van der Waals surface area contributed by atoms with E-state index in [1.54, 1.807) is 46.9 Å². The van der Waals surface area contributed by atoms with E-state index in [2.05, 4.69) is 21.9 Å². The standard InChI is InChI=1S/C39H47N5O9S/c1-7-24-21-39(24,36(47)43-54(49,50)27-15-16-27)42-34(45)31-19-26(22-44(31)35(46)33(38(3,4)5)41-37(48)52-8-2)53-32-20-29(23-12-10-9-11-13-23)40-30-18-25(51-6)14-17-28(30)32/h7,9-14,17-18,20,24,26-27,31,33H,1,8,15-16,19,21-22H2,2-6H3,(H,41,48)(H,42,45)(H,43,47)/t24-,26?,31?,33-,39-/m1/s1. The molecule has 54 heavy (non-hydrogen) atoms. The molecular weight excluding hydrogens is 715 g/mol. The highest BCUT2D eigenvalue weighted by Crippen LogP contribution is 2.46. The average molecular weight is 762 g/mol. The van der Waals surface area contributed by atoms with Gasteiger partial charge in [-0.3, -0.25) is 19.1 Å². The van der Waals surface area contributed by atoms with E-state index in [4.69, 9.17) is 19.2 Å². The number of sulfonamides is 1. The molecule has 15 heteroatoms. The summed E-state index contributed by atoms with van der Waals surface area (Å²) in [5, 5.41) is 5.50. The summed E-state index contributed by atoms with van der Waals surface area (Å²) in [4.78, 5) is 61.2. The Morgan fingerprint density at radius 1 is 1.09 bits per heavy atom. The van der Waals surface area contributed by atoms with Gasteiger partial charge in [0.25, 0.3) is 5.91 Å². The number of amides is 4. The first-order valence-electron chi connectivity index (χ1n) is 18.1. The van der Waals surface area contributed by atoms with Gasteiger partial charge >= 0.3 is 6.09 Å². The summed E-state index contributed by atoms with van der Waals surface area (Å²) < 4.78 is 44.8. The monoisotopic (exact) mass is 761 g/mol. The van der Waals surface area contributed by atoms with Gasteiger partial charge in [0, 0.05) is 35.4 Å². The molecule has 2 aliphatic carbocycles. The first-order chi connectivity index (χ1) is 25.6. The molecule has 2 heterocycles. The van der Waals surface area contributed by atoms with Crippen LogP contribution in [0.4, 0.5) is 4.79 Å². The second-order valence-electron chi connectivity index (χ2n) is 15.1. The number of methoxy groups -OCH3 is 1. The van der Waals surface area contributed by atoms with Crippen molar-refractivity contribution in [2.24, 2.45) is 11.3 Å². The number of nitrogens with zero attached hydrogens (tertiary/aromatic N) is 2. The molecule has 5 atom stereocenters. The number of benzene rings is 2. The fraction of sp³-hybridized carbons (Fsp3) is 0.462. The smallest absolute Gasteiger partial charge is 0.407 e. The lowest BCUT2D eigenvalue weighted by Crippen LogP contribution is -2.60.